The lowest BCUT2D eigenvalue weighted by Crippen LogP contribution is -2.45. The minimum Gasteiger partial charge on any atom is -0.389 e. The molecule has 2 bridgehead atoms. The van der Waals surface area contributed by atoms with Gasteiger partial charge in [0.25, 0.3) is 0 Å². The highest BCUT2D eigenvalue weighted by Gasteiger charge is 2.34. The van der Waals surface area contributed by atoms with Crippen LogP contribution in [0, 0.1) is 0 Å². The van der Waals surface area contributed by atoms with Crippen LogP contribution in [-0.2, 0) is 9.53 Å². The molecule has 1 aromatic carbocycles. The molecule has 0 aromatic heterocycles. The van der Waals surface area contributed by atoms with E-state index in [1.54, 1.807) is 6.07 Å². The van der Waals surface area contributed by atoms with Gasteiger partial charge in [0.05, 0.1) is 18.8 Å². The third-order valence-electron chi connectivity index (χ3n) is 3.92. The van der Waals surface area contributed by atoms with Gasteiger partial charge in [0.2, 0.25) is 5.91 Å². The minimum absolute atomic E-state index is 0.0172. The van der Waals surface area contributed by atoms with Crippen molar-refractivity contribution in [3.63, 3.8) is 0 Å². The Kier molecular flexibility index (Phi) is 4.19. The Morgan fingerprint density at radius 1 is 1.38 bits per heavy atom. The van der Waals surface area contributed by atoms with Crippen molar-refractivity contribution in [1.29, 1.82) is 0 Å². The van der Waals surface area contributed by atoms with Crippen LogP contribution in [0.2, 0.25) is 0 Å². The number of carbonyl (C=O) groups excluding carboxylic acids is 1. The number of fused-ring (bicyclic) bond motifs is 2. The normalized spacial score (nSPS) is 24.8. The minimum atomic E-state index is -0.0172. The zero-order valence-corrected chi connectivity index (χ0v) is 12.6. The van der Waals surface area contributed by atoms with Gasteiger partial charge < -0.3 is 15.8 Å². The summed E-state index contributed by atoms with van der Waals surface area (Å²) < 4.78 is 5.77. The lowest BCUT2D eigenvalue weighted by molar-refractivity contribution is -0.119. The number of ether oxygens (including phenoxy) is 1. The third kappa shape index (κ3) is 3.58. The Labute approximate surface area is 129 Å². The van der Waals surface area contributed by atoms with E-state index in [1.807, 2.05) is 18.2 Å². The number of hydrogen-bond donors (Lipinski definition) is 2. The number of anilines is 1. The van der Waals surface area contributed by atoms with E-state index in [4.69, 9.17) is 22.7 Å². The number of nitrogens with zero attached hydrogens (tertiary/aromatic N) is 1. The average Bonchev–Trinajstić information content (AvgIpc) is 2.78. The van der Waals surface area contributed by atoms with E-state index in [9.17, 15) is 4.79 Å². The number of thiocarbonyl (C=S) groups is 1. The molecule has 2 aliphatic heterocycles. The third-order valence-corrected chi connectivity index (χ3v) is 4.15. The van der Waals surface area contributed by atoms with Crippen molar-refractivity contribution in [1.82, 2.24) is 4.90 Å². The molecule has 2 heterocycles. The Morgan fingerprint density at radius 2 is 2.10 bits per heavy atom. The molecule has 5 nitrogen and oxygen atoms in total. The summed E-state index contributed by atoms with van der Waals surface area (Å²) in [6.07, 6.45) is 2.82. The molecule has 2 unspecified atom stereocenters. The van der Waals surface area contributed by atoms with Crippen LogP contribution in [0.25, 0.3) is 0 Å². The van der Waals surface area contributed by atoms with Crippen LogP contribution >= 0.6 is 12.2 Å². The summed E-state index contributed by atoms with van der Waals surface area (Å²) >= 11 is 4.94. The summed E-state index contributed by atoms with van der Waals surface area (Å²) in [6, 6.07) is 7.29. The van der Waals surface area contributed by atoms with E-state index in [-0.39, 0.29) is 5.91 Å². The van der Waals surface area contributed by atoms with Gasteiger partial charge in [-0.3, -0.25) is 9.69 Å². The Balaban J connectivity index is 1.56. The summed E-state index contributed by atoms with van der Waals surface area (Å²) in [5.74, 6) is -0.0172. The molecule has 3 rings (SSSR count). The van der Waals surface area contributed by atoms with Crippen LogP contribution in [0.4, 0.5) is 5.69 Å². The van der Waals surface area contributed by atoms with E-state index in [0.29, 0.717) is 23.7 Å². The number of amides is 1. The van der Waals surface area contributed by atoms with Crippen molar-refractivity contribution in [2.24, 2.45) is 5.73 Å². The SMILES string of the molecule is NC(=S)c1cccc(NC(=O)CN2CC3CCC(C2)O3)c1. The second-order valence-corrected chi connectivity index (χ2v) is 6.08. The highest BCUT2D eigenvalue weighted by Crippen LogP contribution is 2.26. The molecule has 0 radical (unpaired) electrons. The van der Waals surface area contributed by atoms with Crippen LogP contribution in [-0.4, -0.2) is 47.6 Å². The summed E-state index contributed by atoms with van der Waals surface area (Å²) in [5, 5.41) is 2.90. The van der Waals surface area contributed by atoms with Gasteiger partial charge >= 0.3 is 0 Å². The Morgan fingerprint density at radius 3 is 2.76 bits per heavy atom. The van der Waals surface area contributed by atoms with Gasteiger partial charge in [0.15, 0.2) is 0 Å². The van der Waals surface area contributed by atoms with Gasteiger partial charge in [0, 0.05) is 24.3 Å². The molecule has 1 amide bonds. The maximum absolute atomic E-state index is 12.1. The molecule has 0 aliphatic carbocycles. The predicted octanol–water partition coefficient (Wildman–Crippen LogP) is 1.12. The molecule has 2 atom stereocenters. The fourth-order valence-electron chi connectivity index (χ4n) is 2.98. The van der Waals surface area contributed by atoms with E-state index in [1.165, 1.54) is 0 Å². The summed E-state index contributed by atoms with van der Waals surface area (Å²) in [6.45, 7) is 2.08. The number of likely N-dealkylation sites (tertiary alicyclic amines) is 1. The Bertz CT molecular complexity index is 552. The van der Waals surface area contributed by atoms with E-state index in [0.717, 1.165) is 37.2 Å². The first-order valence-corrected chi connectivity index (χ1v) is 7.58. The average molecular weight is 305 g/mol. The van der Waals surface area contributed by atoms with Gasteiger partial charge in [0.1, 0.15) is 4.99 Å². The highest BCUT2D eigenvalue weighted by molar-refractivity contribution is 7.80. The lowest BCUT2D eigenvalue weighted by atomic mass is 10.2. The van der Waals surface area contributed by atoms with E-state index >= 15 is 0 Å². The van der Waals surface area contributed by atoms with Crippen LogP contribution in [0.5, 0.6) is 0 Å². The standard InChI is InChI=1S/C15H19N3O2S/c16-15(21)10-2-1-3-11(6-10)17-14(19)9-18-7-12-4-5-13(8-18)20-12/h1-3,6,12-13H,4-5,7-9H2,(H2,16,21)(H,17,19). The van der Waals surface area contributed by atoms with Gasteiger partial charge in [-0.2, -0.15) is 0 Å². The fraction of sp³-hybridized carbons (Fsp3) is 0.467. The molecule has 2 aliphatic rings. The number of carbonyl (C=O) groups is 1. The number of benzene rings is 1. The van der Waals surface area contributed by atoms with Crippen molar-refractivity contribution in [2.75, 3.05) is 25.0 Å². The van der Waals surface area contributed by atoms with Crippen molar-refractivity contribution in [3.8, 4) is 0 Å². The van der Waals surface area contributed by atoms with Crippen LogP contribution < -0.4 is 11.1 Å². The quantitative estimate of drug-likeness (QED) is 0.816. The van der Waals surface area contributed by atoms with Gasteiger partial charge in [-0.1, -0.05) is 24.4 Å². The first kappa shape index (κ1) is 14.4. The molecular weight excluding hydrogens is 286 g/mol. The second-order valence-electron chi connectivity index (χ2n) is 5.64. The van der Waals surface area contributed by atoms with Crippen LogP contribution in [0.15, 0.2) is 24.3 Å². The molecule has 0 spiro atoms. The maximum Gasteiger partial charge on any atom is 0.238 e. The molecule has 2 fully saturated rings. The molecule has 6 heteroatoms. The van der Waals surface area contributed by atoms with Crippen molar-refractivity contribution >= 4 is 28.8 Å². The van der Waals surface area contributed by atoms with Gasteiger partial charge in [-0.25, -0.2) is 0 Å². The lowest BCUT2D eigenvalue weighted by Gasteiger charge is -2.31. The van der Waals surface area contributed by atoms with E-state index in [2.05, 4.69) is 10.2 Å². The molecule has 21 heavy (non-hydrogen) atoms. The predicted molar refractivity (Wildman–Crippen MR) is 85.3 cm³/mol. The fourth-order valence-corrected chi connectivity index (χ4v) is 3.11. The summed E-state index contributed by atoms with van der Waals surface area (Å²) in [4.78, 5) is 14.6. The van der Waals surface area contributed by atoms with Gasteiger partial charge in [-0.05, 0) is 25.0 Å². The number of rotatable bonds is 4. The Hall–Kier alpha value is -1.50. The van der Waals surface area contributed by atoms with Crippen molar-refractivity contribution in [3.05, 3.63) is 29.8 Å². The monoisotopic (exact) mass is 305 g/mol. The summed E-state index contributed by atoms with van der Waals surface area (Å²) in [7, 11) is 0. The highest BCUT2D eigenvalue weighted by atomic mass is 32.1. The second kappa shape index (κ2) is 6.09. The number of nitrogens with two attached hydrogens (primary N) is 1. The molecule has 3 N–H and O–H groups in total. The number of nitrogens with one attached hydrogen (secondary N) is 1. The molecule has 112 valence electrons. The van der Waals surface area contributed by atoms with Crippen molar-refractivity contribution < 1.29 is 9.53 Å². The zero-order valence-electron chi connectivity index (χ0n) is 11.7. The topological polar surface area (TPSA) is 67.6 Å². The van der Waals surface area contributed by atoms with Crippen molar-refractivity contribution in [2.45, 2.75) is 25.0 Å². The first-order chi connectivity index (χ1) is 10.1. The molecule has 1 aromatic rings. The molecule has 2 saturated heterocycles. The van der Waals surface area contributed by atoms with Crippen LogP contribution in [0.1, 0.15) is 18.4 Å². The van der Waals surface area contributed by atoms with Gasteiger partial charge in [-0.15, -0.1) is 0 Å². The molecule has 0 saturated carbocycles. The summed E-state index contributed by atoms with van der Waals surface area (Å²) in [5.41, 5.74) is 7.08. The number of hydrogen-bond acceptors (Lipinski definition) is 4. The zero-order chi connectivity index (χ0) is 14.8. The smallest absolute Gasteiger partial charge is 0.238 e. The first-order valence-electron chi connectivity index (χ1n) is 7.17. The largest absolute Gasteiger partial charge is 0.389 e. The van der Waals surface area contributed by atoms with E-state index < -0.39 is 0 Å². The number of morpholine rings is 1. The van der Waals surface area contributed by atoms with Crippen LogP contribution in [0.3, 0.4) is 0 Å². The molecular formula is C15H19N3O2S. The maximum atomic E-state index is 12.1.